The lowest BCUT2D eigenvalue weighted by Gasteiger charge is -2.42. The molecule has 0 spiro atoms. The second kappa shape index (κ2) is 13.2. The van der Waals surface area contributed by atoms with Crippen LogP contribution >= 0.6 is 0 Å². The molecule has 0 aliphatic rings. The van der Waals surface area contributed by atoms with Crippen LogP contribution < -0.4 is 5.32 Å². The van der Waals surface area contributed by atoms with Gasteiger partial charge in [0.25, 0.3) is 0 Å². The molecule has 0 amide bonds. The molecule has 0 radical (unpaired) electrons. The minimum atomic E-state index is -0.159. The van der Waals surface area contributed by atoms with Gasteiger partial charge in [0.05, 0.1) is 6.26 Å². The Morgan fingerprint density at radius 3 is 2.22 bits per heavy atom. The Hall–Kier alpha value is -2.40. The van der Waals surface area contributed by atoms with Crippen LogP contribution in [-0.4, -0.2) is 6.04 Å². The molecule has 0 saturated heterocycles. The third kappa shape index (κ3) is 7.94. The molecule has 0 aliphatic heterocycles. The van der Waals surface area contributed by atoms with Crippen LogP contribution in [0.5, 0.6) is 0 Å². The van der Waals surface area contributed by atoms with Crippen molar-refractivity contribution in [2.75, 3.05) is 0 Å². The molecule has 2 unspecified atom stereocenters. The van der Waals surface area contributed by atoms with E-state index in [-0.39, 0.29) is 11.5 Å². The predicted octanol–water partition coefficient (Wildman–Crippen LogP) is 7.87. The van der Waals surface area contributed by atoms with Crippen molar-refractivity contribution >= 4 is 0 Å². The molecule has 1 aromatic rings. The summed E-state index contributed by atoms with van der Waals surface area (Å²) in [5.74, 6) is 4.11. The fraction of sp³-hybridized carbons (Fsp3) is 0.533. The van der Waals surface area contributed by atoms with Crippen molar-refractivity contribution in [3.63, 3.8) is 0 Å². The number of ether oxygens (including phenoxy) is 1. The second-order valence-electron chi connectivity index (χ2n) is 9.93. The monoisotopic (exact) mass is 435 g/mol. The summed E-state index contributed by atoms with van der Waals surface area (Å²) >= 11 is 0. The first-order chi connectivity index (χ1) is 15.1. The molecule has 0 fully saturated rings. The average Bonchev–Trinajstić information content (AvgIpc) is 2.75. The summed E-state index contributed by atoms with van der Waals surface area (Å²) < 4.78 is 5.93. The van der Waals surface area contributed by atoms with Gasteiger partial charge in [0.15, 0.2) is 0 Å². The van der Waals surface area contributed by atoms with Gasteiger partial charge in [0.1, 0.15) is 6.61 Å². The van der Waals surface area contributed by atoms with Crippen LogP contribution in [0.1, 0.15) is 78.9 Å². The highest BCUT2D eigenvalue weighted by Crippen LogP contribution is 2.43. The fourth-order valence-electron chi connectivity index (χ4n) is 4.14. The fourth-order valence-corrected chi connectivity index (χ4v) is 4.14. The Morgan fingerprint density at radius 1 is 1.12 bits per heavy atom. The zero-order valence-electron chi connectivity index (χ0n) is 21.5. The zero-order valence-corrected chi connectivity index (χ0v) is 21.5. The lowest BCUT2D eigenvalue weighted by atomic mass is 9.66. The first-order valence-electron chi connectivity index (χ1n) is 12.1. The SMILES string of the molecule is C#Cc1ccc(CO/C=C/C(CC)(C(=C)C(NC(=C)CCC(C)C)C(C)C)C(C)C)cc1. The van der Waals surface area contributed by atoms with Crippen molar-refractivity contribution in [2.24, 2.45) is 23.2 Å². The second-order valence-corrected chi connectivity index (χ2v) is 9.93. The Morgan fingerprint density at radius 2 is 1.75 bits per heavy atom. The first kappa shape index (κ1) is 27.6. The van der Waals surface area contributed by atoms with E-state index >= 15 is 0 Å². The summed E-state index contributed by atoms with van der Waals surface area (Å²) in [5.41, 5.74) is 4.12. The maximum Gasteiger partial charge on any atom is 0.112 e. The Labute approximate surface area is 198 Å². The molecular formula is C30H45NO. The molecule has 0 heterocycles. The van der Waals surface area contributed by atoms with E-state index in [2.05, 4.69) is 78.9 Å². The Balaban J connectivity index is 2.97. The van der Waals surface area contributed by atoms with Gasteiger partial charge in [-0.05, 0) is 66.4 Å². The highest BCUT2D eigenvalue weighted by Gasteiger charge is 2.37. The van der Waals surface area contributed by atoms with Gasteiger partial charge in [-0.1, -0.05) is 79.7 Å². The zero-order chi connectivity index (χ0) is 24.3. The van der Waals surface area contributed by atoms with Gasteiger partial charge < -0.3 is 10.1 Å². The van der Waals surface area contributed by atoms with E-state index in [0.29, 0.717) is 24.4 Å². The Bertz CT molecular complexity index is 791. The summed E-state index contributed by atoms with van der Waals surface area (Å²) in [4.78, 5) is 0. The first-order valence-corrected chi connectivity index (χ1v) is 12.1. The molecule has 0 saturated carbocycles. The smallest absolute Gasteiger partial charge is 0.112 e. The minimum Gasteiger partial charge on any atom is -0.497 e. The molecule has 0 aromatic heterocycles. The molecule has 1 rings (SSSR count). The maximum atomic E-state index is 5.93. The standard InChI is InChI=1S/C30H45NO/c1-11-27-15-17-28(18-16-27)21-32-20-19-30(12-2,24(7)8)26(10)29(23(5)6)31-25(9)14-13-22(3)4/h1,15-20,22-24,29,31H,9-10,12-14,21H2,2-8H3/b20-19+. The summed E-state index contributed by atoms with van der Waals surface area (Å²) in [6.45, 7) is 25.2. The van der Waals surface area contributed by atoms with Crippen LogP contribution in [0.3, 0.4) is 0 Å². The van der Waals surface area contributed by atoms with Gasteiger partial charge in [-0.3, -0.25) is 0 Å². The van der Waals surface area contributed by atoms with Gasteiger partial charge in [0, 0.05) is 22.7 Å². The maximum absolute atomic E-state index is 5.93. The quantitative estimate of drug-likeness (QED) is 0.182. The van der Waals surface area contributed by atoms with Gasteiger partial charge in [-0.15, -0.1) is 6.42 Å². The van der Waals surface area contributed by atoms with Gasteiger partial charge in [-0.2, -0.15) is 0 Å². The summed E-state index contributed by atoms with van der Waals surface area (Å²) in [6.07, 6.45) is 12.6. The molecule has 176 valence electrons. The summed E-state index contributed by atoms with van der Waals surface area (Å²) in [7, 11) is 0. The van der Waals surface area contributed by atoms with E-state index in [1.54, 1.807) is 0 Å². The number of hydrogen-bond donors (Lipinski definition) is 1. The highest BCUT2D eigenvalue weighted by molar-refractivity contribution is 5.34. The Kier molecular flexibility index (Phi) is 11.4. The van der Waals surface area contributed by atoms with Crippen LogP contribution in [0.25, 0.3) is 0 Å². The van der Waals surface area contributed by atoms with Gasteiger partial charge in [0.2, 0.25) is 0 Å². The molecular weight excluding hydrogens is 390 g/mol. The van der Waals surface area contributed by atoms with Gasteiger partial charge in [-0.25, -0.2) is 0 Å². The van der Waals surface area contributed by atoms with Crippen molar-refractivity contribution in [3.8, 4) is 12.3 Å². The third-order valence-electron chi connectivity index (χ3n) is 6.47. The van der Waals surface area contributed by atoms with Crippen molar-refractivity contribution in [2.45, 2.75) is 80.4 Å². The molecule has 32 heavy (non-hydrogen) atoms. The van der Waals surface area contributed by atoms with E-state index in [1.807, 2.05) is 30.5 Å². The van der Waals surface area contributed by atoms with Gasteiger partial charge >= 0.3 is 0 Å². The molecule has 0 bridgehead atoms. The largest absolute Gasteiger partial charge is 0.497 e. The number of nitrogens with one attached hydrogen (secondary N) is 1. The van der Waals surface area contributed by atoms with Crippen molar-refractivity contribution in [3.05, 3.63) is 72.2 Å². The van der Waals surface area contributed by atoms with Crippen LogP contribution in [0.4, 0.5) is 0 Å². The van der Waals surface area contributed by atoms with Crippen LogP contribution in [0, 0.1) is 35.5 Å². The van der Waals surface area contributed by atoms with E-state index in [4.69, 9.17) is 11.2 Å². The number of rotatable bonds is 14. The van der Waals surface area contributed by atoms with Crippen LogP contribution in [-0.2, 0) is 11.3 Å². The third-order valence-corrected chi connectivity index (χ3v) is 6.47. The lowest BCUT2D eigenvalue weighted by molar-refractivity contribution is 0.218. The molecule has 2 heteroatoms. The average molecular weight is 436 g/mol. The molecule has 1 aromatic carbocycles. The van der Waals surface area contributed by atoms with Crippen molar-refractivity contribution in [1.82, 2.24) is 5.32 Å². The summed E-state index contributed by atoms with van der Waals surface area (Å²) in [6, 6.07) is 8.08. The number of hydrogen-bond acceptors (Lipinski definition) is 2. The van der Waals surface area contributed by atoms with Crippen molar-refractivity contribution < 1.29 is 4.74 Å². The number of allylic oxidation sites excluding steroid dienone is 2. The molecule has 1 N–H and O–H groups in total. The molecule has 0 aliphatic carbocycles. The number of benzene rings is 1. The topological polar surface area (TPSA) is 21.3 Å². The minimum absolute atomic E-state index is 0.159. The van der Waals surface area contributed by atoms with E-state index in [1.165, 1.54) is 5.57 Å². The van der Waals surface area contributed by atoms with Crippen LogP contribution in [0.15, 0.2) is 61.0 Å². The van der Waals surface area contributed by atoms with E-state index in [9.17, 15) is 0 Å². The molecule has 2 atom stereocenters. The predicted molar refractivity (Wildman–Crippen MR) is 140 cm³/mol. The van der Waals surface area contributed by atoms with Crippen LogP contribution in [0.2, 0.25) is 0 Å². The molecule has 2 nitrogen and oxygen atoms in total. The summed E-state index contributed by atoms with van der Waals surface area (Å²) in [5, 5.41) is 3.71. The normalized spacial score (nSPS) is 14.4. The lowest BCUT2D eigenvalue weighted by Crippen LogP contribution is -2.42. The van der Waals surface area contributed by atoms with Crippen molar-refractivity contribution in [1.29, 1.82) is 0 Å². The van der Waals surface area contributed by atoms with E-state index < -0.39 is 0 Å². The number of terminal acetylenes is 1. The van der Waals surface area contributed by atoms with E-state index in [0.717, 1.165) is 36.1 Å². The highest BCUT2D eigenvalue weighted by atomic mass is 16.5.